The summed E-state index contributed by atoms with van der Waals surface area (Å²) >= 11 is 0. The highest BCUT2D eigenvalue weighted by atomic mass is 16.7. The van der Waals surface area contributed by atoms with Crippen molar-refractivity contribution in [2.24, 2.45) is 5.92 Å². The molecule has 1 fully saturated rings. The van der Waals surface area contributed by atoms with E-state index in [9.17, 15) is 105 Å². The Labute approximate surface area is 844 Å². The smallest absolute Gasteiger partial charge is 0.463 e. The molecule has 0 bridgehead atoms. The Morgan fingerprint density at radius 3 is 0.993 bits per heavy atom. The highest BCUT2D eigenvalue weighted by molar-refractivity contribution is 6.02. The zero-order chi connectivity index (χ0) is 109. The fraction of sp³-hybridized carbons (Fsp3) is 0.229. The molecule has 53 nitrogen and oxygen atoms in total. The number of hydrogen-bond acceptors (Lipinski definition) is 45. The van der Waals surface area contributed by atoms with Gasteiger partial charge < -0.3 is 144 Å². The number of carbonyl (C=O) groups excluding carboxylic acids is 19. The normalized spacial score (nSPS) is 14.5. The van der Waals surface area contributed by atoms with Crippen molar-refractivity contribution in [3.8, 4) is 5.75 Å². The molecule has 6 amide bonds. The highest BCUT2D eigenvalue weighted by Crippen LogP contribution is 2.14. The molecule has 0 atom stereocenters. The van der Waals surface area contributed by atoms with Crippen molar-refractivity contribution in [2.75, 3.05) is 85.9 Å². The first-order valence-electron chi connectivity index (χ1n) is 43.5. The number of H-pyrrole nitrogens is 2. The van der Waals surface area contributed by atoms with E-state index in [1.165, 1.54) is 44.1 Å². The molecule has 788 valence electrons. The second-order valence-electron chi connectivity index (χ2n) is 29.7. The number of nitrogens with one attached hydrogen (secondary N) is 14. The third-order valence-electron chi connectivity index (χ3n) is 17.9. The third-order valence-corrected chi connectivity index (χ3v) is 17.9. The molecule has 2 aromatic carbocycles. The van der Waals surface area contributed by atoms with Gasteiger partial charge in [-0.2, -0.15) is 0 Å². The van der Waals surface area contributed by atoms with Crippen LogP contribution >= 0.6 is 0 Å². The van der Waals surface area contributed by atoms with Crippen LogP contribution in [0.2, 0.25) is 0 Å². The molecular formula is C96H101N15O38. The van der Waals surface area contributed by atoms with Crippen LogP contribution in [0, 0.1) is 12.8 Å². The maximum Gasteiger partial charge on any atom is 0.519 e. The molecule has 0 radical (unpaired) electrons. The van der Waals surface area contributed by atoms with Crippen LogP contribution in [0.25, 0.3) is 0 Å². The molecule has 2 aromatic heterocycles. The predicted molar refractivity (Wildman–Crippen MR) is 509 cm³/mol. The Morgan fingerprint density at radius 2 is 0.671 bits per heavy atom. The minimum absolute atomic E-state index is 0.0262. The van der Waals surface area contributed by atoms with Crippen LogP contribution in [0.4, 0.5) is 0 Å². The van der Waals surface area contributed by atoms with Crippen molar-refractivity contribution >= 4 is 113 Å². The average molecular weight is 2070 g/mol. The number of esters is 13. The van der Waals surface area contributed by atoms with Crippen molar-refractivity contribution in [1.29, 1.82) is 0 Å². The minimum Gasteiger partial charge on any atom is -0.463 e. The minimum atomic E-state index is -0.903. The van der Waals surface area contributed by atoms with E-state index in [1.807, 2.05) is 35.3 Å². The number of aryl methyl sites for hydroxylation is 1. The van der Waals surface area contributed by atoms with Crippen molar-refractivity contribution < 1.29 is 166 Å². The van der Waals surface area contributed by atoms with E-state index in [0.29, 0.717) is 47.3 Å². The van der Waals surface area contributed by atoms with Gasteiger partial charge in [-0.1, -0.05) is 102 Å². The summed E-state index contributed by atoms with van der Waals surface area (Å²) in [7, 11) is 0. The van der Waals surface area contributed by atoms with E-state index >= 15 is 0 Å². The van der Waals surface area contributed by atoms with Crippen LogP contribution in [0.5, 0.6) is 5.75 Å². The summed E-state index contributed by atoms with van der Waals surface area (Å²) < 4.78 is 77.2. The highest BCUT2D eigenvalue weighted by Gasteiger charge is 2.25. The second-order valence-corrected chi connectivity index (χ2v) is 29.7. The number of benzene rings is 2. The topological polar surface area (TPSA) is 710 Å². The molecule has 0 saturated carbocycles. The van der Waals surface area contributed by atoms with E-state index in [4.69, 9.17) is 56.8 Å². The Morgan fingerprint density at radius 1 is 0.362 bits per heavy atom. The number of carbonyl (C=O) groups is 19. The summed E-state index contributed by atoms with van der Waals surface area (Å²) in [5, 5.41) is 30.6. The number of morpholine rings is 1. The fourth-order valence-corrected chi connectivity index (χ4v) is 10.3. The van der Waals surface area contributed by atoms with Crippen molar-refractivity contribution in [1.82, 2.24) is 78.7 Å². The first kappa shape index (κ1) is 118. The predicted octanol–water partition coefficient (Wildman–Crippen LogP) is -0.616. The van der Waals surface area contributed by atoms with Crippen LogP contribution < -0.4 is 85.6 Å². The molecule has 14 N–H and O–H groups in total. The third kappa shape index (κ3) is 48.9. The van der Waals surface area contributed by atoms with Crippen LogP contribution in [0.1, 0.15) is 49.3 Å². The molecule has 9 heterocycles. The zero-order valence-electron chi connectivity index (χ0n) is 79.8. The number of ether oxygens (including phenoxy) is 14. The molecule has 53 heteroatoms. The molecule has 0 aliphatic carbocycles. The Kier molecular flexibility index (Phi) is 50.4. The Balaban J connectivity index is 0.000000273. The SMILES string of the molecule is C=C1NC=C(COC(=O)/C=C/C(=O)OCCCCN2CCOCC2)C(=O)N1.C=C1NC=C(COC(=O)/C=C/C(=O)OCOC(=O)C(C)C)C(=O)N1.C=C1NC=C(COC(=O)/C=C/C(=O)OCc2c[nH]c(=O)[nH]c2=O)C(=O)N1.C=C1NC=C(COC(=O)/C=C/C(=O)OCc2ccccc2)C(=O)N1.C=C1NC=C(COC(=O)/C=C/C(=O)OCc2oc(=O)oc2C)C(=O)N1.C=C1NC=C(COC(=O)/C=C/C(=O)Oc2ccccc2)C(=O)N1. The number of aromatic nitrogens is 2. The molecule has 7 aliphatic heterocycles. The standard InChI is InChI=1S/C18H25N3O6.C17H16N2O5.C16H14N2O5.C15H14N4O7.C15H14N2O8.C15H18N2O7/c1-14-19-12-15(18(24)20-14)13-27-17(23)5-4-16(22)26-9-3-2-6-21-7-10-25-11-8-21;1-12-18-9-14(17(22)19-12)11-24-16(21)8-7-15(20)23-10-13-5-3-2-4-6-13;1-11-17-9-12(16(21)18-11)10-22-14(19)7-8-15(20)23-13-5-3-2-4-6-13;1-8-16-4-9(13(22)18-8)6-25-11(20)2-3-12(21)26-7-10-5-17-15(24)19-14(10)23;1-8-11(25-15(21)24-8)7-23-13(19)4-3-12(18)22-6-10-5-16-9(2)17-14(10)20;1-9(2)15(21)24-8-23-13(19)5-4-12(18)22-7-11-6-16-10(3)17-14(11)20/h4-5,12,19H,1-3,6-11,13H2,(H,20,24);2-9,18H,1,10-11H2,(H,19,22);2-9,17H,1,10H2,(H,18,21);2-5,16H,1,6-7H2,(H,18,22)(H2,17,19,23,24);3-5,16H,2,6-7H2,1H3,(H,17,20);4-6,9,16H,3,7-8H2,1-2H3,(H,17,20)/b5-4+;2*8-7+;3-2+;4-3+;5-4+. The summed E-state index contributed by atoms with van der Waals surface area (Å²) in [5.41, 5.74) is 0.723. The lowest BCUT2D eigenvalue weighted by Crippen LogP contribution is -2.36. The molecule has 149 heavy (non-hydrogen) atoms. The van der Waals surface area contributed by atoms with Gasteiger partial charge in [0.15, 0.2) is 18.1 Å². The van der Waals surface area contributed by atoms with Gasteiger partial charge >= 0.3 is 89.1 Å². The lowest BCUT2D eigenvalue weighted by molar-refractivity contribution is -0.167. The maximum absolute atomic E-state index is 11.6. The summed E-state index contributed by atoms with van der Waals surface area (Å²) in [6, 6.07) is 17.6. The van der Waals surface area contributed by atoms with Gasteiger partial charge in [0.05, 0.1) is 64.7 Å². The number of hydrogen-bond donors (Lipinski definition) is 14. The van der Waals surface area contributed by atoms with E-state index in [-0.39, 0.29) is 109 Å². The van der Waals surface area contributed by atoms with Gasteiger partial charge in [-0.05, 0) is 44.0 Å². The molecule has 7 aliphatic rings. The molecule has 11 rings (SSSR count). The number of amides is 6. The van der Waals surface area contributed by atoms with Crippen molar-refractivity contribution in [3.05, 3.63) is 339 Å². The van der Waals surface area contributed by atoms with Gasteiger partial charge in [-0.15, -0.1) is 0 Å². The monoisotopic (exact) mass is 2070 g/mol. The van der Waals surface area contributed by atoms with Crippen molar-refractivity contribution in [3.63, 3.8) is 0 Å². The average Bonchev–Trinajstić information content (AvgIpc) is 1.84. The first-order valence-corrected chi connectivity index (χ1v) is 43.5. The molecule has 0 unspecified atom stereocenters. The van der Waals surface area contributed by atoms with E-state index < -0.39 is 144 Å². The van der Waals surface area contributed by atoms with Crippen LogP contribution in [0.3, 0.4) is 0 Å². The Bertz CT molecular complexity index is 6300. The summed E-state index contributed by atoms with van der Waals surface area (Å²) in [4.78, 5) is 258. The molecule has 0 spiro atoms. The van der Waals surface area contributed by atoms with Crippen LogP contribution in [-0.4, -0.2) is 214 Å². The maximum atomic E-state index is 11.6. The second kappa shape index (κ2) is 63.8. The van der Waals surface area contributed by atoms with Crippen molar-refractivity contribution in [2.45, 2.75) is 53.4 Å². The van der Waals surface area contributed by atoms with Gasteiger partial charge in [-0.25, -0.2) is 67.1 Å². The van der Waals surface area contributed by atoms with Gasteiger partial charge in [0.2, 0.25) is 6.79 Å². The number of para-hydroxylation sites is 1. The fourth-order valence-electron chi connectivity index (χ4n) is 10.3. The zero-order valence-corrected chi connectivity index (χ0v) is 79.8. The lowest BCUT2D eigenvalue weighted by atomic mass is 10.2. The summed E-state index contributed by atoms with van der Waals surface area (Å²) in [6.07, 6.45) is 21.8. The largest absolute Gasteiger partial charge is 0.519 e. The number of unbranched alkanes of at least 4 members (excludes halogenated alkanes) is 1. The summed E-state index contributed by atoms with van der Waals surface area (Å²) in [5.74, 6) is -11.2. The number of aromatic amines is 2. The van der Waals surface area contributed by atoms with Gasteiger partial charge in [-0.3, -0.25) is 48.2 Å². The van der Waals surface area contributed by atoms with Crippen LogP contribution in [-0.2, 0) is 172 Å². The number of rotatable bonds is 39. The quantitative estimate of drug-likeness (QED) is 0.00661. The van der Waals surface area contributed by atoms with E-state index in [0.717, 1.165) is 130 Å². The lowest BCUT2D eigenvalue weighted by Gasteiger charge is -2.26. The van der Waals surface area contributed by atoms with E-state index in [1.54, 1.807) is 44.2 Å². The van der Waals surface area contributed by atoms with Crippen LogP contribution in [0.15, 0.2) is 308 Å². The van der Waals surface area contributed by atoms with Gasteiger partial charge in [0, 0.05) is 129 Å². The molecule has 1 saturated heterocycles. The Hall–Kier alpha value is -19.9. The molecular weight excluding hydrogens is 1970 g/mol. The van der Waals surface area contributed by atoms with E-state index in [2.05, 4.69) is 131 Å². The summed E-state index contributed by atoms with van der Waals surface area (Å²) in [6.45, 7) is 27.8. The molecule has 4 aromatic rings. The van der Waals surface area contributed by atoms with Gasteiger partial charge in [0.25, 0.3) is 41.0 Å². The van der Waals surface area contributed by atoms with Gasteiger partial charge in [0.1, 0.15) is 93.5 Å². The number of nitrogens with zero attached hydrogens (tertiary/aromatic N) is 1. The first-order chi connectivity index (χ1) is 71.1.